The lowest BCUT2D eigenvalue weighted by molar-refractivity contribution is -0.268. The van der Waals surface area contributed by atoms with Crippen molar-refractivity contribution in [1.82, 2.24) is 4.98 Å². The molecule has 1 aliphatic heterocycles. The first kappa shape index (κ1) is 15.2. The lowest BCUT2D eigenvalue weighted by Crippen LogP contribution is -2.59. The van der Waals surface area contributed by atoms with Crippen LogP contribution in [0, 0.1) is 5.92 Å². The molecule has 3 rings (SSSR count). The molecule has 0 amide bonds. The molecule has 22 heavy (non-hydrogen) atoms. The van der Waals surface area contributed by atoms with Crippen molar-refractivity contribution in [2.24, 2.45) is 11.0 Å². The Morgan fingerprint density at radius 2 is 2.32 bits per heavy atom. The average Bonchev–Trinajstić information content (AvgIpc) is 3.13. The predicted octanol–water partition coefficient (Wildman–Crippen LogP) is 2.16. The lowest BCUT2D eigenvalue weighted by Gasteiger charge is -2.36. The number of aromatic nitrogens is 1. The van der Waals surface area contributed by atoms with Crippen molar-refractivity contribution in [1.29, 1.82) is 0 Å². The summed E-state index contributed by atoms with van der Waals surface area (Å²) in [6.07, 6.45) is -3.72. The molecule has 1 N–H and O–H groups in total. The summed E-state index contributed by atoms with van der Waals surface area (Å²) >= 11 is 0.794. The van der Waals surface area contributed by atoms with Crippen molar-refractivity contribution in [2.45, 2.75) is 31.2 Å². The number of esters is 1. The number of ether oxygens (including phenoxy) is 1. The smallest absolute Gasteiger partial charge is 0.439 e. The highest BCUT2D eigenvalue weighted by Gasteiger charge is 2.68. The van der Waals surface area contributed by atoms with Gasteiger partial charge in [-0.05, 0) is 19.3 Å². The van der Waals surface area contributed by atoms with Gasteiger partial charge in [-0.2, -0.15) is 23.3 Å². The van der Waals surface area contributed by atoms with Crippen molar-refractivity contribution < 1.29 is 27.8 Å². The van der Waals surface area contributed by atoms with Gasteiger partial charge in [0.25, 0.3) is 5.72 Å². The minimum Gasteiger partial charge on any atom is -0.464 e. The number of halogens is 3. The van der Waals surface area contributed by atoms with Crippen molar-refractivity contribution in [2.75, 3.05) is 12.1 Å². The van der Waals surface area contributed by atoms with Crippen LogP contribution < -0.4 is 5.01 Å². The van der Waals surface area contributed by atoms with E-state index in [1.165, 1.54) is 5.38 Å². The van der Waals surface area contributed by atoms with Gasteiger partial charge in [0.2, 0.25) is 5.13 Å². The Morgan fingerprint density at radius 3 is 2.95 bits per heavy atom. The van der Waals surface area contributed by atoms with Crippen molar-refractivity contribution >= 4 is 28.1 Å². The van der Waals surface area contributed by atoms with E-state index in [9.17, 15) is 23.1 Å². The van der Waals surface area contributed by atoms with Crippen LogP contribution in [0.25, 0.3) is 0 Å². The monoisotopic (exact) mass is 335 g/mol. The second kappa shape index (κ2) is 4.92. The van der Waals surface area contributed by atoms with E-state index >= 15 is 0 Å². The third-order valence-corrected chi connectivity index (χ3v) is 4.67. The van der Waals surface area contributed by atoms with Crippen LogP contribution >= 0.6 is 11.3 Å². The minimum absolute atomic E-state index is 0.121. The van der Waals surface area contributed by atoms with E-state index in [2.05, 4.69) is 14.8 Å². The number of thiazole rings is 1. The van der Waals surface area contributed by atoms with Gasteiger partial charge in [0.05, 0.1) is 13.0 Å². The molecule has 1 aromatic heterocycles. The van der Waals surface area contributed by atoms with Crippen LogP contribution in [0.2, 0.25) is 0 Å². The Bertz CT molecular complexity index is 645. The molecule has 2 heterocycles. The molecule has 1 saturated carbocycles. The van der Waals surface area contributed by atoms with Crippen LogP contribution in [0.4, 0.5) is 18.3 Å². The van der Waals surface area contributed by atoms with Crippen LogP contribution in [-0.2, 0) is 4.74 Å². The number of methoxy groups -OCH3 is 1. The molecule has 0 bridgehead atoms. The van der Waals surface area contributed by atoms with E-state index in [4.69, 9.17) is 0 Å². The molecule has 0 spiro atoms. The Hall–Kier alpha value is -1.68. The highest BCUT2D eigenvalue weighted by Crippen LogP contribution is 2.50. The Balaban J connectivity index is 2.03. The van der Waals surface area contributed by atoms with Crippen LogP contribution in [0.5, 0.6) is 0 Å². The molecule has 0 radical (unpaired) electrons. The van der Waals surface area contributed by atoms with E-state index in [1.54, 1.807) is 0 Å². The van der Waals surface area contributed by atoms with Gasteiger partial charge in [-0.15, -0.1) is 11.3 Å². The number of fused-ring (bicyclic) bond motifs is 1. The number of hydrogen-bond donors (Lipinski definition) is 1. The van der Waals surface area contributed by atoms with Gasteiger partial charge in [0.15, 0.2) is 5.69 Å². The Morgan fingerprint density at radius 1 is 1.59 bits per heavy atom. The van der Waals surface area contributed by atoms with Crippen LogP contribution in [0.3, 0.4) is 0 Å². The van der Waals surface area contributed by atoms with Gasteiger partial charge in [-0.3, -0.25) is 0 Å². The molecular weight excluding hydrogens is 323 g/mol. The van der Waals surface area contributed by atoms with Gasteiger partial charge in [-0.1, -0.05) is 0 Å². The second-order valence-corrected chi connectivity index (χ2v) is 5.92. The predicted molar refractivity (Wildman–Crippen MR) is 71.7 cm³/mol. The number of alkyl halides is 3. The van der Waals surface area contributed by atoms with E-state index < -0.39 is 23.8 Å². The fraction of sp³-hybridized carbons (Fsp3) is 0.583. The number of nitrogens with zero attached hydrogens (tertiary/aromatic N) is 3. The van der Waals surface area contributed by atoms with Gasteiger partial charge in [-0.25, -0.2) is 9.78 Å². The standard InChI is InChI=1S/C12H12F3N3O3S/c1-21-9(19)8-5-22-10(16-8)18-11(20,12(13,14)15)6-3-2-4-7(6)17-18/h5-6,20H,2-4H2,1H3/t6-,11+/m0/s1. The quantitative estimate of drug-likeness (QED) is 0.838. The summed E-state index contributed by atoms with van der Waals surface area (Å²) in [6.45, 7) is 0. The first-order chi connectivity index (χ1) is 10.3. The lowest BCUT2D eigenvalue weighted by atomic mass is 9.93. The van der Waals surface area contributed by atoms with E-state index in [1.807, 2.05) is 0 Å². The van der Waals surface area contributed by atoms with Crippen LogP contribution in [-0.4, -0.2) is 40.8 Å². The number of aliphatic hydroxyl groups is 1. The summed E-state index contributed by atoms with van der Waals surface area (Å²) in [7, 11) is 1.15. The third-order valence-electron chi connectivity index (χ3n) is 3.85. The molecule has 1 aliphatic carbocycles. The largest absolute Gasteiger partial charge is 0.464 e. The molecule has 0 saturated heterocycles. The van der Waals surface area contributed by atoms with E-state index in [0.29, 0.717) is 23.6 Å². The highest BCUT2D eigenvalue weighted by atomic mass is 32.1. The Kier molecular flexibility index (Phi) is 3.40. The van der Waals surface area contributed by atoms with Gasteiger partial charge >= 0.3 is 12.1 Å². The van der Waals surface area contributed by atoms with Crippen LogP contribution in [0.1, 0.15) is 29.8 Å². The topological polar surface area (TPSA) is 75.0 Å². The third kappa shape index (κ3) is 2.01. The molecular formula is C12H12F3N3O3S. The fourth-order valence-electron chi connectivity index (χ4n) is 2.80. The van der Waals surface area contributed by atoms with Gasteiger partial charge < -0.3 is 9.84 Å². The maximum absolute atomic E-state index is 13.5. The summed E-state index contributed by atoms with van der Waals surface area (Å²) in [6, 6.07) is 0. The van der Waals surface area contributed by atoms with E-state index in [0.717, 1.165) is 18.4 Å². The molecule has 2 aliphatic rings. The van der Waals surface area contributed by atoms with E-state index in [-0.39, 0.29) is 17.2 Å². The molecule has 0 unspecified atom stereocenters. The van der Waals surface area contributed by atoms with Crippen molar-refractivity contribution in [3.05, 3.63) is 11.1 Å². The zero-order chi connectivity index (χ0) is 16.1. The molecule has 2 atom stereocenters. The number of rotatable bonds is 2. The molecule has 120 valence electrons. The number of carbonyl (C=O) groups is 1. The first-order valence-electron chi connectivity index (χ1n) is 6.49. The summed E-state index contributed by atoms with van der Waals surface area (Å²) < 4.78 is 44.9. The Labute approximate surface area is 127 Å². The number of hydrazone groups is 1. The number of anilines is 1. The zero-order valence-electron chi connectivity index (χ0n) is 11.4. The normalized spacial score (nSPS) is 27.8. The number of hydrogen-bond acceptors (Lipinski definition) is 7. The number of carbonyl (C=O) groups excluding carboxylic acids is 1. The first-order valence-corrected chi connectivity index (χ1v) is 7.37. The molecule has 6 nitrogen and oxygen atoms in total. The molecule has 1 fully saturated rings. The average molecular weight is 335 g/mol. The highest BCUT2D eigenvalue weighted by molar-refractivity contribution is 7.14. The maximum atomic E-state index is 13.5. The van der Waals surface area contributed by atoms with Gasteiger partial charge in [0.1, 0.15) is 0 Å². The molecule has 1 aromatic rings. The second-order valence-electron chi connectivity index (χ2n) is 5.08. The zero-order valence-corrected chi connectivity index (χ0v) is 12.2. The van der Waals surface area contributed by atoms with Gasteiger partial charge in [0, 0.05) is 11.1 Å². The maximum Gasteiger partial charge on any atom is 0.439 e. The molecule has 0 aromatic carbocycles. The minimum atomic E-state index is -4.90. The fourth-order valence-corrected chi connectivity index (χ4v) is 3.60. The van der Waals surface area contributed by atoms with Crippen molar-refractivity contribution in [3.63, 3.8) is 0 Å². The van der Waals surface area contributed by atoms with Crippen LogP contribution in [0.15, 0.2) is 10.5 Å². The summed E-state index contributed by atoms with van der Waals surface area (Å²) in [5.41, 5.74) is -2.93. The summed E-state index contributed by atoms with van der Waals surface area (Å²) in [5, 5.41) is 15.8. The van der Waals surface area contributed by atoms with Crippen molar-refractivity contribution in [3.8, 4) is 0 Å². The summed E-state index contributed by atoms with van der Waals surface area (Å²) in [4.78, 5) is 15.2. The SMILES string of the molecule is COC(=O)c1csc(N2N=C3CCC[C@@H]3[C@@]2(O)C(F)(F)F)n1. The summed E-state index contributed by atoms with van der Waals surface area (Å²) in [5.74, 6) is -1.86. The molecule has 10 heteroatoms.